The van der Waals surface area contributed by atoms with Gasteiger partial charge in [0.15, 0.2) is 0 Å². The van der Waals surface area contributed by atoms with Crippen LogP contribution in [-0.4, -0.2) is 49.7 Å². The molecule has 1 aliphatic rings. The van der Waals surface area contributed by atoms with Crippen molar-refractivity contribution >= 4 is 33.6 Å². The van der Waals surface area contributed by atoms with Crippen molar-refractivity contribution in [3.8, 4) is 0 Å². The van der Waals surface area contributed by atoms with Gasteiger partial charge in [-0.15, -0.1) is 0 Å². The maximum atomic E-state index is 13.8. The highest BCUT2D eigenvalue weighted by Crippen LogP contribution is 2.20. The highest BCUT2D eigenvalue weighted by atomic mass is 35.5. The van der Waals surface area contributed by atoms with Gasteiger partial charge in [0.25, 0.3) is 0 Å². The van der Waals surface area contributed by atoms with Crippen LogP contribution in [0.4, 0.5) is 4.39 Å². The molecule has 3 rings (SSSR count). The van der Waals surface area contributed by atoms with Crippen molar-refractivity contribution < 1.29 is 17.6 Å². The van der Waals surface area contributed by atoms with Gasteiger partial charge in [-0.1, -0.05) is 48.0 Å². The number of rotatable bonds is 5. The predicted octanol–water partition coefficient (Wildman–Crippen LogP) is 3.17. The van der Waals surface area contributed by atoms with Crippen LogP contribution in [0.2, 0.25) is 5.02 Å². The standard InChI is InChI=1S/C20H20ClFN2O3S/c21-18-7-4-8-19(22)17(18)9-10-20(25)23-11-13-24(14-12-23)28(26,27)15-16-5-2-1-3-6-16/h1-10H,11-15H2/b10-9+. The molecule has 28 heavy (non-hydrogen) atoms. The lowest BCUT2D eigenvalue weighted by molar-refractivity contribution is -0.127. The first-order chi connectivity index (χ1) is 13.4. The number of benzene rings is 2. The molecule has 0 atom stereocenters. The van der Waals surface area contributed by atoms with Crippen LogP contribution in [0, 0.1) is 5.82 Å². The Bertz CT molecular complexity index is 952. The van der Waals surface area contributed by atoms with Crippen molar-refractivity contribution in [2.75, 3.05) is 26.2 Å². The van der Waals surface area contributed by atoms with E-state index >= 15 is 0 Å². The summed E-state index contributed by atoms with van der Waals surface area (Å²) in [5.41, 5.74) is 0.882. The van der Waals surface area contributed by atoms with E-state index in [0.717, 1.165) is 5.56 Å². The Kier molecular flexibility index (Phi) is 6.49. The first-order valence-electron chi connectivity index (χ1n) is 8.79. The Labute approximate surface area is 169 Å². The van der Waals surface area contributed by atoms with E-state index in [1.807, 2.05) is 6.07 Å². The molecule has 1 amide bonds. The summed E-state index contributed by atoms with van der Waals surface area (Å²) in [6, 6.07) is 13.3. The lowest BCUT2D eigenvalue weighted by atomic mass is 10.2. The van der Waals surface area contributed by atoms with Crippen LogP contribution in [0.5, 0.6) is 0 Å². The van der Waals surface area contributed by atoms with E-state index in [2.05, 4.69) is 0 Å². The highest BCUT2D eigenvalue weighted by Gasteiger charge is 2.28. The fourth-order valence-corrected chi connectivity index (χ4v) is 4.73. The Morgan fingerprint density at radius 2 is 1.71 bits per heavy atom. The molecule has 0 spiro atoms. The minimum Gasteiger partial charge on any atom is -0.337 e. The summed E-state index contributed by atoms with van der Waals surface area (Å²) in [6.07, 6.45) is 2.61. The van der Waals surface area contributed by atoms with E-state index in [1.165, 1.54) is 28.6 Å². The third-order valence-electron chi connectivity index (χ3n) is 4.53. The van der Waals surface area contributed by atoms with E-state index in [1.54, 1.807) is 35.2 Å². The van der Waals surface area contributed by atoms with Crippen molar-refractivity contribution in [1.82, 2.24) is 9.21 Å². The average Bonchev–Trinajstić information content (AvgIpc) is 2.68. The molecule has 5 nitrogen and oxygen atoms in total. The van der Waals surface area contributed by atoms with Gasteiger partial charge in [0.1, 0.15) is 5.82 Å². The first-order valence-corrected chi connectivity index (χ1v) is 10.8. The van der Waals surface area contributed by atoms with E-state index < -0.39 is 15.8 Å². The van der Waals surface area contributed by atoms with Gasteiger partial charge in [-0.25, -0.2) is 12.8 Å². The average molecular weight is 423 g/mol. The van der Waals surface area contributed by atoms with Gasteiger partial charge in [0, 0.05) is 37.8 Å². The van der Waals surface area contributed by atoms with Crippen LogP contribution in [0.25, 0.3) is 6.08 Å². The molecule has 2 aromatic carbocycles. The van der Waals surface area contributed by atoms with Crippen molar-refractivity contribution in [2.45, 2.75) is 5.75 Å². The van der Waals surface area contributed by atoms with Crippen molar-refractivity contribution in [3.63, 3.8) is 0 Å². The molecule has 1 saturated heterocycles. The highest BCUT2D eigenvalue weighted by molar-refractivity contribution is 7.88. The largest absolute Gasteiger partial charge is 0.337 e. The Balaban J connectivity index is 1.59. The summed E-state index contributed by atoms with van der Waals surface area (Å²) < 4.78 is 40.3. The molecule has 0 aromatic heterocycles. The van der Waals surface area contributed by atoms with Gasteiger partial charge >= 0.3 is 0 Å². The molecule has 1 aliphatic heterocycles. The van der Waals surface area contributed by atoms with Gasteiger partial charge in [-0.3, -0.25) is 4.79 Å². The maximum absolute atomic E-state index is 13.8. The summed E-state index contributed by atoms with van der Waals surface area (Å²) in [5, 5.41) is 0.223. The van der Waals surface area contributed by atoms with E-state index in [0.29, 0.717) is 0 Å². The second-order valence-corrected chi connectivity index (χ2v) is 8.81. The normalized spacial score (nSPS) is 15.9. The molecule has 1 heterocycles. The summed E-state index contributed by atoms with van der Waals surface area (Å²) in [4.78, 5) is 13.9. The second-order valence-electron chi connectivity index (χ2n) is 6.43. The van der Waals surface area contributed by atoms with Crippen LogP contribution in [0.3, 0.4) is 0 Å². The number of amides is 1. The maximum Gasteiger partial charge on any atom is 0.246 e. The van der Waals surface area contributed by atoms with Crippen LogP contribution < -0.4 is 0 Å². The van der Waals surface area contributed by atoms with Crippen LogP contribution >= 0.6 is 11.6 Å². The Morgan fingerprint density at radius 1 is 1.04 bits per heavy atom. The van der Waals surface area contributed by atoms with Gasteiger partial charge in [0.05, 0.1) is 10.8 Å². The molecule has 0 N–H and O–H groups in total. The third kappa shape index (κ3) is 4.98. The monoisotopic (exact) mass is 422 g/mol. The Morgan fingerprint density at radius 3 is 2.36 bits per heavy atom. The van der Waals surface area contributed by atoms with Crippen molar-refractivity contribution in [1.29, 1.82) is 0 Å². The summed E-state index contributed by atoms with van der Waals surface area (Å²) in [6.45, 7) is 1.02. The molecule has 148 valence electrons. The quantitative estimate of drug-likeness (QED) is 0.695. The molecule has 8 heteroatoms. The zero-order valence-corrected chi connectivity index (χ0v) is 16.7. The molecular weight excluding hydrogens is 403 g/mol. The molecule has 2 aromatic rings. The minimum atomic E-state index is -3.44. The summed E-state index contributed by atoms with van der Waals surface area (Å²) in [7, 11) is -3.44. The molecule has 0 saturated carbocycles. The fourth-order valence-electron chi connectivity index (χ4n) is 2.99. The number of halogens is 2. The smallest absolute Gasteiger partial charge is 0.246 e. The number of nitrogens with zero attached hydrogens (tertiary/aromatic N) is 2. The van der Waals surface area contributed by atoms with Gasteiger partial charge in [0.2, 0.25) is 15.9 Å². The summed E-state index contributed by atoms with van der Waals surface area (Å²) in [5.74, 6) is -0.874. The Hall–Kier alpha value is -2.22. The molecule has 0 bridgehead atoms. The lowest BCUT2D eigenvalue weighted by Gasteiger charge is -2.33. The number of sulfonamides is 1. The number of piperazine rings is 1. The molecule has 1 fully saturated rings. The van der Waals surface area contributed by atoms with Crippen LogP contribution in [-0.2, 0) is 20.6 Å². The van der Waals surface area contributed by atoms with Gasteiger partial charge < -0.3 is 4.90 Å². The second kappa shape index (κ2) is 8.86. The lowest BCUT2D eigenvalue weighted by Crippen LogP contribution is -2.50. The summed E-state index contributed by atoms with van der Waals surface area (Å²) >= 11 is 5.95. The SMILES string of the molecule is O=C(/C=C/c1c(F)cccc1Cl)N1CCN(S(=O)(=O)Cc2ccccc2)CC1. The van der Waals surface area contributed by atoms with Crippen LogP contribution in [0.1, 0.15) is 11.1 Å². The van der Waals surface area contributed by atoms with Crippen molar-refractivity contribution in [3.05, 3.63) is 76.6 Å². The fraction of sp³-hybridized carbons (Fsp3) is 0.250. The van der Waals surface area contributed by atoms with E-state index in [9.17, 15) is 17.6 Å². The molecule has 0 aliphatic carbocycles. The zero-order valence-electron chi connectivity index (χ0n) is 15.1. The molecular formula is C20H20ClFN2O3S. The van der Waals surface area contributed by atoms with E-state index in [4.69, 9.17) is 11.6 Å². The van der Waals surface area contributed by atoms with Gasteiger partial charge in [-0.2, -0.15) is 4.31 Å². The van der Waals surface area contributed by atoms with Gasteiger partial charge in [-0.05, 0) is 23.8 Å². The van der Waals surface area contributed by atoms with E-state index in [-0.39, 0.29) is 48.4 Å². The molecule has 0 unspecified atom stereocenters. The van der Waals surface area contributed by atoms with Crippen molar-refractivity contribution in [2.24, 2.45) is 0 Å². The number of carbonyl (C=O) groups excluding carboxylic acids is 1. The van der Waals surface area contributed by atoms with Crippen LogP contribution in [0.15, 0.2) is 54.6 Å². The number of hydrogen-bond donors (Lipinski definition) is 0. The third-order valence-corrected chi connectivity index (χ3v) is 6.71. The number of carbonyl (C=O) groups is 1. The zero-order chi connectivity index (χ0) is 20.1. The minimum absolute atomic E-state index is 0.0620. The predicted molar refractivity (Wildman–Crippen MR) is 108 cm³/mol. The number of hydrogen-bond acceptors (Lipinski definition) is 3. The topological polar surface area (TPSA) is 57.7 Å². The first kappa shape index (κ1) is 20.5. The molecule has 0 radical (unpaired) electrons.